The molecule has 0 aliphatic heterocycles. The van der Waals surface area contributed by atoms with Gasteiger partial charge in [0.2, 0.25) is 0 Å². The Kier molecular flexibility index (Phi) is 8.17. The standard InChI is InChI=1S/C32H58O4Si/c1-20(19-21(2)29(34)35-8)22-14-15-23-26-24(16-18-32(22,23)7)31(6)17-12-11-13-25(31)27(33)28(26)36-37(9,10)30(3,4)5/h20-28,33H,11-19H2,1-10H3/t20-,21+,22-,23?,24?,25?,26?,27-,28?,31-,32-/m1/s1. The normalized spacial score (nSPS) is 43.8. The maximum atomic E-state index is 12.2. The lowest BCUT2D eigenvalue weighted by Gasteiger charge is -2.65. The molecule has 214 valence electrons. The summed E-state index contributed by atoms with van der Waals surface area (Å²) in [7, 11) is -0.541. The Morgan fingerprint density at radius 1 is 0.973 bits per heavy atom. The number of carbonyl (C=O) groups excluding carboxylic acids is 1. The van der Waals surface area contributed by atoms with Crippen molar-refractivity contribution in [2.75, 3.05) is 7.11 Å². The molecule has 11 atom stereocenters. The van der Waals surface area contributed by atoms with E-state index in [0.717, 1.165) is 12.8 Å². The molecular formula is C32H58O4Si. The molecule has 4 rings (SSSR count). The third kappa shape index (κ3) is 4.90. The lowest BCUT2D eigenvalue weighted by Crippen LogP contribution is -2.65. The topological polar surface area (TPSA) is 55.8 Å². The Morgan fingerprint density at radius 3 is 2.24 bits per heavy atom. The monoisotopic (exact) mass is 534 g/mol. The van der Waals surface area contributed by atoms with Crippen LogP contribution in [0, 0.1) is 52.3 Å². The summed E-state index contributed by atoms with van der Waals surface area (Å²) < 4.78 is 12.4. The van der Waals surface area contributed by atoms with Crippen LogP contribution in [0.5, 0.6) is 0 Å². The average Bonchev–Trinajstić information content (AvgIpc) is 3.17. The highest BCUT2D eigenvalue weighted by Crippen LogP contribution is 2.69. The Balaban J connectivity index is 1.68. The first-order valence-electron chi connectivity index (χ1n) is 15.5. The summed E-state index contributed by atoms with van der Waals surface area (Å²) in [4.78, 5) is 12.2. The molecule has 0 aromatic carbocycles. The highest BCUT2D eigenvalue weighted by atomic mass is 28.4. The van der Waals surface area contributed by atoms with Gasteiger partial charge in [-0.25, -0.2) is 0 Å². The molecule has 5 heteroatoms. The predicted molar refractivity (Wildman–Crippen MR) is 154 cm³/mol. The van der Waals surface area contributed by atoms with Gasteiger partial charge in [0.25, 0.3) is 0 Å². The highest BCUT2D eigenvalue weighted by Gasteiger charge is 2.66. The fourth-order valence-corrected chi connectivity index (χ4v) is 11.3. The zero-order valence-electron chi connectivity index (χ0n) is 25.7. The van der Waals surface area contributed by atoms with E-state index < -0.39 is 8.32 Å². The number of carbonyl (C=O) groups is 1. The largest absolute Gasteiger partial charge is 0.469 e. The van der Waals surface area contributed by atoms with E-state index >= 15 is 0 Å². The van der Waals surface area contributed by atoms with Crippen molar-refractivity contribution in [1.82, 2.24) is 0 Å². The second-order valence-electron chi connectivity index (χ2n) is 15.8. The van der Waals surface area contributed by atoms with Gasteiger partial charge in [-0.05, 0) is 109 Å². The zero-order chi connectivity index (χ0) is 27.6. The van der Waals surface area contributed by atoms with Gasteiger partial charge in [-0.2, -0.15) is 0 Å². The van der Waals surface area contributed by atoms with Gasteiger partial charge in [0, 0.05) is 0 Å². The van der Waals surface area contributed by atoms with Gasteiger partial charge in [0.15, 0.2) is 8.32 Å². The van der Waals surface area contributed by atoms with E-state index in [1.54, 1.807) is 0 Å². The number of hydrogen-bond donors (Lipinski definition) is 1. The molecule has 0 radical (unpaired) electrons. The second kappa shape index (κ2) is 10.2. The lowest BCUT2D eigenvalue weighted by molar-refractivity contribution is -0.211. The van der Waals surface area contributed by atoms with Crippen LogP contribution in [0.1, 0.15) is 106 Å². The molecule has 5 unspecified atom stereocenters. The van der Waals surface area contributed by atoms with E-state index in [1.807, 2.05) is 6.92 Å². The zero-order valence-corrected chi connectivity index (χ0v) is 26.7. The SMILES string of the molecule is COC(=O)[C@@H](C)C[C@@H](C)[C@H]1CCC2C3C(O[Si](C)(C)C(C)(C)C)[C@H](O)C4CCCC[C@]4(C)C3CC[C@@]21C. The van der Waals surface area contributed by atoms with Crippen molar-refractivity contribution in [3.8, 4) is 0 Å². The molecule has 0 aromatic rings. The summed E-state index contributed by atoms with van der Waals surface area (Å²) in [5, 5.41) is 12.3. The van der Waals surface area contributed by atoms with Crippen LogP contribution >= 0.6 is 0 Å². The summed E-state index contributed by atoms with van der Waals surface area (Å²) in [6.07, 6.45) is 10.5. The molecule has 0 aromatic heterocycles. The Hall–Kier alpha value is -0.393. The second-order valence-corrected chi connectivity index (χ2v) is 20.6. The van der Waals surface area contributed by atoms with E-state index in [9.17, 15) is 9.90 Å². The molecule has 0 amide bonds. The van der Waals surface area contributed by atoms with Crippen LogP contribution in [-0.4, -0.2) is 38.7 Å². The molecule has 4 aliphatic rings. The van der Waals surface area contributed by atoms with Gasteiger partial charge in [-0.3, -0.25) is 4.79 Å². The van der Waals surface area contributed by atoms with Crippen molar-refractivity contribution in [3.63, 3.8) is 0 Å². The molecule has 37 heavy (non-hydrogen) atoms. The number of ether oxygens (including phenoxy) is 1. The van der Waals surface area contributed by atoms with E-state index in [-0.39, 0.29) is 40.0 Å². The third-order valence-electron chi connectivity index (χ3n) is 13.0. The number of aliphatic hydroxyl groups is 1. The van der Waals surface area contributed by atoms with Crippen LogP contribution in [-0.2, 0) is 14.0 Å². The minimum absolute atomic E-state index is 0.0326. The van der Waals surface area contributed by atoms with Gasteiger partial charge >= 0.3 is 5.97 Å². The summed E-state index contributed by atoms with van der Waals surface area (Å²) in [6, 6.07) is 0. The van der Waals surface area contributed by atoms with Crippen molar-refractivity contribution in [1.29, 1.82) is 0 Å². The van der Waals surface area contributed by atoms with Crippen LogP contribution in [0.4, 0.5) is 0 Å². The van der Waals surface area contributed by atoms with Crippen LogP contribution in [0.25, 0.3) is 0 Å². The maximum absolute atomic E-state index is 12.2. The number of hydrogen-bond acceptors (Lipinski definition) is 4. The van der Waals surface area contributed by atoms with Crippen molar-refractivity contribution in [2.24, 2.45) is 52.3 Å². The number of fused-ring (bicyclic) bond motifs is 5. The van der Waals surface area contributed by atoms with Gasteiger partial charge in [-0.15, -0.1) is 0 Å². The van der Waals surface area contributed by atoms with Gasteiger partial charge < -0.3 is 14.3 Å². The fourth-order valence-electron chi connectivity index (χ4n) is 9.95. The van der Waals surface area contributed by atoms with Crippen molar-refractivity contribution in [2.45, 2.75) is 137 Å². The first-order valence-corrected chi connectivity index (χ1v) is 18.4. The summed E-state index contributed by atoms with van der Waals surface area (Å²) >= 11 is 0. The maximum Gasteiger partial charge on any atom is 0.308 e. The van der Waals surface area contributed by atoms with Crippen LogP contribution in [0.2, 0.25) is 18.1 Å². The average molecular weight is 535 g/mol. The smallest absolute Gasteiger partial charge is 0.308 e. The Morgan fingerprint density at radius 2 is 1.62 bits per heavy atom. The molecule has 0 saturated heterocycles. The van der Waals surface area contributed by atoms with E-state index in [1.165, 1.54) is 52.1 Å². The molecule has 0 bridgehead atoms. The molecule has 1 N–H and O–H groups in total. The first kappa shape index (κ1) is 29.6. The summed E-state index contributed by atoms with van der Waals surface area (Å²) in [5.74, 6) is 3.04. The number of methoxy groups -OCH3 is 1. The van der Waals surface area contributed by atoms with E-state index in [2.05, 4.69) is 54.6 Å². The molecule has 0 spiro atoms. The number of aliphatic hydroxyl groups excluding tert-OH is 1. The summed E-state index contributed by atoms with van der Waals surface area (Å²) in [6.45, 7) is 21.2. The van der Waals surface area contributed by atoms with Gasteiger partial charge in [-0.1, -0.05) is 61.3 Å². The number of rotatable bonds is 6. The van der Waals surface area contributed by atoms with Crippen LogP contribution in [0.15, 0.2) is 0 Å². The molecular weight excluding hydrogens is 476 g/mol. The lowest BCUT2D eigenvalue weighted by atomic mass is 9.43. The van der Waals surface area contributed by atoms with Gasteiger partial charge in [0.1, 0.15) is 0 Å². The first-order chi connectivity index (χ1) is 17.1. The van der Waals surface area contributed by atoms with E-state index in [0.29, 0.717) is 35.5 Å². The van der Waals surface area contributed by atoms with Crippen molar-refractivity contribution in [3.05, 3.63) is 0 Å². The highest BCUT2D eigenvalue weighted by molar-refractivity contribution is 6.74. The Labute approximate surface area is 229 Å². The number of esters is 1. The quantitative estimate of drug-likeness (QED) is 0.278. The fraction of sp³-hybridized carbons (Fsp3) is 0.969. The molecule has 4 aliphatic carbocycles. The Bertz CT molecular complexity index is 835. The molecule has 0 heterocycles. The molecule has 4 nitrogen and oxygen atoms in total. The summed E-state index contributed by atoms with van der Waals surface area (Å²) in [5.41, 5.74) is 0.489. The minimum atomic E-state index is -2.05. The third-order valence-corrected chi connectivity index (χ3v) is 17.4. The predicted octanol–water partition coefficient (Wildman–Crippen LogP) is 7.84. The van der Waals surface area contributed by atoms with Crippen LogP contribution in [0.3, 0.4) is 0 Å². The minimum Gasteiger partial charge on any atom is -0.469 e. The molecule has 4 fully saturated rings. The van der Waals surface area contributed by atoms with Crippen molar-refractivity contribution >= 4 is 14.3 Å². The molecule has 4 saturated carbocycles. The van der Waals surface area contributed by atoms with Gasteiger partial charge in [0.05, 0.1) is 25.2 Å². The van der Waals surface area contributed by atoms with Crippen molar-refractivity contribution < 1.29 is 19.1 Å². The van der Waals surface area contributed by atoms with E-state index in [4.69, 9.17) is 9.16 Å². The van der Waals surface area contributed by atoms with Crippen LogP contribution < -0.4 is 0 Å².